The number of aliphatic hydroxyl groups excluding tert-OH is 1. The van der Waals surface area contributed by atoms with Gasteiger partial charge in [-0.15, -0.1) is 0 Å². The SMILES string of the molecule is COc1cc(/C(O)=C2\C(=O)C(=O)N(c3ccc(Br)cc3)C2c2ccc(C)o2)c(OC)cc1Cl. The molecule has 1 unspecified atom stereocenters. The summed E-state index contributed by atoms with van der Waals surface area (Å²) in [4.78, 5) is 27.7. The molecule has 1 atom stereocenters. The summed E-state index contributed by atoms with van der Waals surface area (Å²) < 4.78 is 17.2. The van der Waals surface area contributed by atoms with E-state index >= 15 is 0 Å². The van der Waals surface area contributed by atoms with Gasteiger partial charge in [-0.25, -0.2) is 0 Å². The Morgan fingerprint density at radius 1 is 1.06 bits per heavy atom. The van der Waals surface area contributed by atoms with Crippen molar-refractivity contribution in [3.05, 3.63) is 80.7 Å². The van der Waals surface area contributed by atoms with Gasteiger partial charge in [0.05, 0.1) is 30.4 Å². The second kappa shape index (κ2) is 8.96. The molecular weight excluding hydrogens is 514 g/mol. The molecule has 0 aliphatic carbocycles. The summed E-state index contributed by atoms with van der Waals surface area (Å²) in [5, 5.41) is 11.6. The maximum Gasteiger partial charge on any atom is 0.300 e. The second-order valence-corrected chi connectivity index (χ2v) is 8.60. The van der Waals surface area contributed by atoms with Crippen LogP contribution in [0.4, 0.5) is 5.69 Å². The van der Waals surface area contributed by atoms with Crippen molar-refractivity contribution in [3.63, 3.8) is 0 Å². The van der Waals surface area contributed by atoms with E-state index in [1.807, 2.05) is 0 Å². The first-order chi connectivity index (χ1) is 15.8. The van der Waals surface area contributed by atoms with Crippen molar-refractivity contribution in [1.29, 1.82) is 0 Å². The highest BCUT2D eigenvalue weighted by atomic mass is 79.9. The molecule has 1 aliphatic heterocycles. The van der Waals surface area contributed by atoms with Crippen molar-refractivity contribution in [2.75, 3.05) is 19.1 Å². The van der Waals surface area contributed by atoms with Crippen molar-refractivity contribution < 1.29 is 28.6 Å². The van der Waals surface area contributed by atoms with Crippen LogP contribution >= 0.6 is 27.5 Å². The number of carbonyl (C=O) groups is 2. The number of benzene rings is 2. The van der Waals surface area contributed by atoms with Gasteiger partial charge in [0.1, 0.15) is 34.8 Å². The van der Waals surface area contributed by atoms with Crippen LogP contribution in [0.5, 0.6) is 11.5 Å². The average molecular weight is 533 g/mol. The lowest BCUT2D eigenvalue weighted by molar-refractivity contribution is -0.132. The minimum Gasteiger partial charge on any atom is -0.507 e. The number of aliphatic hydroxyl groups is 1. The van der Waals surface area contributed by atoms with E-state index in [1.54, 1.807) is 43.3 Å². The zero-order valence-corrected chi connectivity index (χ0v) is 20.2. The Kier molecular flexibility index (Phi) is 6.23. The van der Waals surface area contributed by atoms with Gasteiger partial charge in [0, 0.05) is 16.2 Å². The number of rotatable bonds is 5. The molecule has 1 fully saturated rings. The molecule has 0 radical (unpaired) electrons. The number of aryl methyl sites for hydroxylation is 1. The van der Waals surface area contributed by atoms with Crippen molar-refractivity contribution in [2.45, 2.75) is 13.0 Å². The first kappa shape index (κ1) is 22.9. The lowest BCUT2D eigenvalue weighted by Crippen LogP contribution is -2.29. The predicted octanol–water partition coefficient (Wildman–Crippen LogP) is 5.65. The fourth-order valence-corrected chi connectivity index (χ4v) is 4.26. The van der Waals surface area contributed by atoms with E-state index < -0.39 is 23.5 Å². The molecular formula is C24H19BrClNO6. The maximum absolute atomic E-state index is 13.2. The minimum atomic E-state index is -0.994. The summed E-state index contributed by atoms with van der Waals surface area (Å²) in [7, 11) is 2.83. The van der Waals surface area contributed by atoms with Gasteiger partial charge in [-0.3, -0.25) is 14.5 Å². The zero-order chi connectivity index (χ0) is 23.9. The lowest BCUT2D eigenvalue weighted by Gasteiger charge is -2.23. The molecule has 0 bridgehead atoms. The molecule has 1 amide bonds. The topological polar surface area (TPSA) is 89.2 Å². The monoisotopic (exact) mass is 531 g/mol. The Morgan fingerprint density at radius 3 is 2.30 bits per heavy atom. The van der Waals surface area contributed by atoms with Crippen LogP contribution in [-0.2, 0) is 9.59 Å². The first-order valence-corrected chi connectivity index (χ1v) is 11.0. The maximum atomic E-state index is 13.2. The van der Waals surface area contributed by atoms with Gasteiger partial charge in [0.2, 0.25) is 0 Å². The number of hydrogen-bond donors (Lipinski definition) is 1. The van der Waals surface area contributed by atoms with Crippen molar-refractivity contribution in [1.82, 2.24) is 0 Å². The first-order valence-electron chi connectivity index (χ1n) is 9.81. The quantitative estimate of drug-likeness (QED) is 0.260. The third-order valence-corrected chi connectivity index (χ3v) is 6.13. The number of anilines is 1. The van der Waals surface area contributed by atoms with E-state index in [9.17, 15) is 14.7 Å². The van der Waals surface area contributed by atoms with Gasteiger partial charge >= 0.3 is 0 Å². The normalized spacial score (nSPS) is 17.5. The fourth-order valence-electron chi connectivity index (χ4n) is 3.76. The number of amides is 1. The van der Waals surface area contributed by atoms with Crippen LogP contribution in [0.1, 0.15) is 23.1 Å². The van der Waals surface area contributed by atoms with Crippen LogP contribution in [0.15, 0.2) is 63.0 Å². The summed E-state index contributed by atoms with van der Waals surface area (Å²) in [6.07, 6.45) is 0. The Balaban J connectivity index is 1.98. The molecule has 2 aromatic carbocycles. The summed E-state index contributed by atoms with van der Waals surface area (Å²) in [5.74, 6) is -0.677. The highest BCUT2D eigenvalue weighted by Crippen LogP contribution is 2.45. The van der Waals surface area contributed by atoms with Crippen LogP contribution in [0.3, 0.4) is 0 Å². The van der Waals surface area contributed by atoms with E-state index in [1.165, 1.54) is 31.3 Å². The van der Waals surface area contributed by atoms with Gasteiger partial charge in [-0.2, -0.15) is 0 Å². The molecule has 1 saturated heterocycles. The zero-order valence-electron chi connectivity index (χ0n) is 17.9. The van der Waals surface area contributed by atoms with Gasteiger partial charge in [0.25, 0.3) is 11.7 Å². The molecule has 0 spiro atoms. The third kappa shape index (κ3) is 4.00. The minimum absolute atomic E-state index is 0.139. The third-order valence-electron chi connectivity index (χ3n) is 5.31. The van der Waals surface area contributed by atoms with Crippen LogP contribution in [-0.4, -0.2) is 31.0 Å². The number of Topliss-reactive ketones (excluding diaryl/α,β-unsaturated/α-hetero) is 1. The molecule has 4 rings (SSSR count). The molecule has 3 aromatic rings. The fraction of sp³-hybridized carbons (Fsp3) is 0.167. The van der Waals surface area contributed by atoms with Crippen LogP contribution in [0, 0.1) is 6.92 Å². The van der Waals surface area contributed by atoms with E-state index in [4.69, 9.17) is 25.5 Å². The molecule has 0 saturated carbocycles. The number of hydrogen-bond acceptors (Lipinski definition) is 6. The molecule has 170 valence electrons. The second-order valence-electron chi connectivity index (χ2n) is 7.28. The number of halogens is 2. The van der Waals surface area contributed by atoms with E-state index in [0.717, 1.165) is 4.47 Å². The number of carbonyl (C=O) groups excluding carboxylic acids is 2. The summed E-state index contributed by atoms with van der Waals surface area (Å²) in [5.41, 5.74) is 0.486. The largest absolute Gasteiger partial charge is 0.507 e. The number of nitrogens with zero attached hydrogens (tertiary/aromatic N) is 1. The molecule has 1 aliphatic rings. The van der Waals surface area contributed by atoms with Crippen molar-refractivity contribution in [3.8, 4) is 11.5 Å². The number of methoxy groups -OCH3 is 2. The van der Waals surface area contributed by atoms with Gasteiger partial charge in [-0.1, -0.05) is 27.5 Å². The van der Waals surface area contributed by atoms with Gasteiger partial charge in [0.15, 0.2) is 0 Å². The van der Waals surface area contributed by atoms with E-state index in [-0.39, 0.29) is 27.7 Å². The van der Waals surface area contributed by atoms with E-state index in [2.05, 4.69) is 15.9 Å². The Hall–Kier alpha value is -3.23. The molecule has 7 nitrogen and oxygen atoms in total. The number of furan rings is 1. The standard InChI is InChI=1S/C24H19BrClNO6/c1-12-4-9-17(33-12)21-20(22(28)15-10-19(32-3)16(26)11-18(15)31-2)23(29)24(30)27(21)14-7-5-13(25)6-8-14/h4-11,21,28H,1-3H3/b22-20+. The number of ether oxygens (including phenoxy) is 2. The average Bonchev–Trinajstić information content (AvgIpc) is 3.34. The Bertz CT molecular complexity index is 1280. The van der Waals surface area contributed by atoms with Crippen molar-refractivity contribution >= 4 is 50.7 Å². The summed E-state index contributed by atoms with van der Waals surface area (Å²) in [6.45, 7) is 1.75. The van der Waals surface area contributed by atoms with Gasteiger partial charge < -0.3 is 19.0 Å². The number of ketones is 1. The molecule has 1 aromatic heterocycles. The van der Waals surface area contributed by atoms with Crippen LogP contribution in [0.25, 0.3) is 5.76 Å². The molecule has 9 heteroatoms. The highest BCUT2D eigenvalue weighted by molar-refractivity contribution is 9.10. The highest BCUT2D eigenvalue weighted by Gasteiger charge is 2.48. The smallest absolute Gasteiger partial charge is 0.300 e. The lowest BCUT2D eigenvalue weighted by atomic mass is 9.98. The van der Waals surface area contributed by atoms with Crippen LogP contribution < -0.4 is 14.4 Å². The molecule has 2 heterocycles. The van der Waals surface area contributed by atoms with Crippen LogP contribution in [0.2, 0.25) is 5.02 Å². The molecule has 33 heavy (non-hydrogen) atoms. The van der Waals surface area contributed by atoms with Gasteiger partial charge in [-0.05, 0) is 49.4 Å². The van der Waals surface area contributed by atoms with E-state index in [0.29, 0.717) is 17.2 Å². The Morgan fingerprint density at radius 2 is 1.73 bits per heavy atom. The Labute approximate surface area is 203 Å². The molecule has 1 N–H and O–H groups in total. The summed E-state index contributed by atoms with van der Waals surface area (Å²) >= 11 is 9.56. The van der Waals surface area contributed by atoms with Crippen molar-refractivity contribution in [2.24, 2.45) is 0 Å². The predicted molar refractivity (Wildman–Crippen MR) is 127 cm³/mol. The summed E-state index contributed by atoms with van der Waals surface area (Å²) in [6, 6.07) is 12.2.